The minimum absolute atomic E-state index is 0.0137. The zero-order valence-electron chi connectivity index (χ0n) is 70.9. The molecule has 2 aromatic carbocycles. The number of rotatable bonds is 66. The van der Waals surface area contributed by atoms with Gasteiger partial charge in [0, 0.05) is 82.2 Å². The second-order valence-corrected chi connectivity index (χ2v) is 34.2. The molecule has 0 saturated carbocycles. The molecule has 1 aliphatic heterocycles. The van der Waals surface area contributed by atoms with Crippen LogP contribution >= 0.6 is 35.3 Å². The van der Waals surface area contributed by atoms with Gasteiger partial charge in [-0.3, -0.25) is 101 Å². The van der Waals surface area contributed by atoms with E-state index in [1.165, 1.54) is 43.0 Å². The van der Waals surface area contributed by atoms with Gasteiger partial charge in [0.15, 0.2) is 34.7 Å². The Morgan fingerprint density at radius 3 is 1.54 bits per heavy atom. The molecule has 688 valence electrons. The number of aromatic hydroxyl groups is 1. The Labute approximate surface area is 732 Å². The second kappa shape index (κ2) is 57.0. The molecule has 1 fully saturated rings. The number of imide groups is 1. The molecule has 1 saturated heterocycles. The number of phenols is 1. The van der Waals surface area contributed by atoms with Crippen LogP contribution in [0.4, 0.5) is 4.79 Å². The number of nitrogens with one attached hydrogen (secondary N) is 7. The predicted octanol–water partition coefficient (Wildman–Crippen LogP) is 1.54. The van der Waals surface area contributed by atoms with Crippen molar-refractivity contribution in [2.24, 2.45) is 53.1 Å². The zero-order valence-corrected chi connectivity index (χ0v) is 73.4. The Balaban J connectivity index is 1.80. The maximum atomic E-state index is 14.5. The van der Waals surface area contributed by atoms with Crippen LogP contribution in [0.3, 0.4) is 0 Å². The maximum Gasteiger partial charge on any atom is 0.304 e. The van der Waals surface area contributed by atoms with Gasteiger partial charge in [0.1, 0.15) is 23.4 Å². The van der Waals surface area contributed by atoms with Crippen molar-refractivity contribution < 1.29 is 137 Å². The second-order valence-electron chi connectivity index (χ2n) is 31.3. The number of carboxylic acid groups (broad SMARTS) is 3. The molecule has 1 heterocycles. The van der Waals surface area contributed by atoms with Gasteiger partial charge in [-0.15, -0.1) is 11.8 Å². The summed E-state index contributed by atoms with van der Waals surface area (Å²) < 4.78 is 0. The van der Waals surface area contributed by atoms with Gasteiger partial charge in [-0.05, 0) is 113 Å². The van der Waals surface area contributed by atoms with E-state index in [9.17, 15) is 137 Å². The molecule has 0 aromatic heterocycles. The number of hydrogen-bond donors (Lipinski definition) is 16. The highest BCUT2D eigenvalue weighted by Gasteiger charge is 2.40. The standard InChI is InChI=1S/C84H121N9O28S3/c1-8-46(2)76(71(106)29-47(3)77(114)88-63(25-28-122-7)67(102)33-54(36-74(110)111)79(116)87-48(4)15-12-13-26-85)92-81(118)56(41-94)35-68(103)64(31-52-19-22-57(98)23-20-52)89-80(117)55(37-75(112)113)34-69(104)66(42-95)91-83(120)62(50(6)97)39-70(105)65(30-51-16-10-9-11-17-51)90-82(119)61(49(5)96)38-59(100)40-86-78(115)53(21-24-73(108)109)32-60(101)44-123-43-58(99)18-14-27-93-72(107)45-124-84(93)121/h9-11,16-17,19-20,22-23,46-50,53-56,61-66,76,94-98H,8,12-15,18,21,24-45,85H2,1-7H3,(H,86,115)(H,87,116)(H,88,114)(H,89,117)(H,90,119)(H,91,120)(H,92,118)(H,108,109)(H,110,111)(H,112,113)/t46-,47+,48+,49+,50+,53+,54-,55-,56-,61-,62-,63-,64-,65-,66-,76-/m0/s1. The van der Waals surface area contributed by atoms with Gasteiger partial charge in [0.05, 0.1) is 116 Å². The Bertz CT molecular complexity index is 3990. The summed E-state index contributed by atoms with van der Waals surface area (Å²) >= 11 is 3.14. The number of carbonyl (C=O) groups excluding carboxylic acids is 17. The molecular formula is C84H121N9O28S3. The third-order valence-electron chi connectivity index (χ3n) is 21.0. The van der Waals surface area contributed by atoms with Crippen molar-refractivity contribution in [3.8, 4) is 5.75 Å². The third kappa shape index (κ3) is 40.1. The lowest BCUT2D eigenvalue weighted by Crippen LogP contribution is -2.52. The molecule has 0 radical (unpaired) electrons. The first-order valence-corrected chi connectivity index (χ1v) is 44.7. The fourth-order valence-corrected chi connectivity index (χ4v) is 15.4. The lowest BCUT2D eigenvalue weighted by atomic mass is 9.88. The molecule has 3 rings (SSSR count). The van der Waals surface area contributed by atoms with E-state index in [1.54, 1.807) is 57.4 Å². The van der Waals surface area contributed by atoms with E-state index >= 15 is 0 Å². The first kappa shape index (κ1) is 108. The number of nitrogens with two attached hydrogens (primary N) is 1. The highest BCUT2D eigenvalue weighted by Crippen LogP contribution is 2.26. The van der Waals surface area contributed by atoms with Crippen LogP contribution in [-0.4, -0.2) is 273 Å². The number of Topliss-reactive ketones (excluding diaryl/α,β-unsaturated/α-hetero) is 8. The van der Waals surface area contributed by atoms with E-state index in [1.807, 2.05) is 0 Å². The van der Waals surface area contributed by atoms with Crippen molar-refractivity contribution in [3.63, 3.8) is 0 Å². The molecule has 17 N–H and O–H groups in total. The number of benzene rings is 2. The summed E-state index contributed by atoms with van der Waals surface area (Å²) in [5.41, 5.74) is 6.30. The number of aliphatic hydroxyl groups excluding tert-OH is 4. The number of carboxylic acids is 3. The van der Waals surface area contributed by atoms with Gasteiger partial charge in [-0.1, -0.05) is 87.8 Å². The Kier molecular flexibility index (Phi) is 49.9. The topological polar surface area (TPSA) is 617 Å². The summed E-state index contributed by atoms with van der Waals surface area (Å²) in [7, 11) is 0. The molecule has 9 amide bonds. The van der Waals surface area contributed by atoms with Gasteiger partial charge >= 0.3 is 17.9 Å². The molecule has 37 nitrogen and oxygen atoms in total. The first-order chi connectivity index (χ1) is 58.6. The number of nitrogens with zero attached hydrogens (tertiary/aromatic N) is 1. The molecular weight excluding hydrogens is 1680 g/mol. The maximum absolute atomic E-state index is 14.5. The van der Waals surface area contributed by atoms with Crippen LogP contribution in [0.15, 0.2) is 54.6 Å². The number of thioether (sulfide) groups is 3. The minimum Gasteiger partial charge on any atom is -0.508 e. The quantitative estimate of drug-likeness (QED) is 0.0418. The predicted molar refractivity (Wildman–Crippen MR) is 455 cm³/mol. The number of carbonyl (C=O) groups is 20. The van der Waals surface area contributed by atoms with Gasteiger partial charge < -0.3 is 83.8 Å². The Morgan fingerprint density at radius 2 is 1.01 bits per heavy atom. The highest BCUT2D eigenvalue weighted by atomic mass is 32.2. The number of aliphatic carboxylic acids is 3. The first-order valence-electron chi connectivity index (χ1n) is 41.1. The molecule has 0 spiro atoms. The van der Waals surface area contributed by atoms with Crippen molar-refractivity contribution in [1.82, 2.24) is 42.1 Å². The summed E-state index contributed by atoms with van der Waals surface area (Å²) in [6.45, 7) is 6.14. The number of phenolic OH excluding ortho intramolecular Hbond substituents is 1. The fraction of sp³-hybridized carbons (Fsp3) is 0.619. The summed E-state index contributed by atoms with van der Waals surface area (Å²) in [4.78, 5) is 269. The van der Waals surface area contributed by atoms with Crippen molar-refractivity contribution in [2.45, 2.75) is 218 Å². The molecule has 0 bridgehead atoms. The number of unbranched alkanes of at least 4 members (excludes halogenated alkanes) is 1. The van der Waals surface area contributed by atoms with Crippen LogP contribution in [0, 0.1) is 47.3 Å². The average Bonchev–Trinajstić information content (AvgIpc) is 1.06. The molecule has 40 heteroatoms. The van der Waals surface area contributed by atoms with E-state index in [0.717, 1.165) is 42.3 Å². The van der Waals surface area contributed by atoms with Crippen molar-refractivity contribution in [2.75, 3.05) is 62.1 Å². The molecule has 0 aliphatic carbocycles. The van der Waals surface area contributed by atoms with E-state index in [-0.39, 0.29) is 91.4 Å². The smallest absolute Gasteiger partial charge is 0.304 e. The zero-order chi connectivity index (χ0) is 93.0. The van der Waals surface area contributed by atoms with E-state index < -0.39 is 285 Å². The third-order valence-corrected chi connectivity index (χ3v) is 23.6. The largest absolute Gasteiger partial charge is 0.508 e. The van der Waals surface area contributed by atoms with Gasteiger partial charge in [0.25, 0.3) is 5.24 Å². The van der Waals surface area contributed by atoms with Gasteiger partial charge in [-0.25, -0.2) is 0 Å². The summed E-state index contributed by atoms with van der Waals surface area (Å²) in [6.07, 6.45) is -7.60. The number of ketones is 8. The lowest BCUT2D eigenvalue weighted by Gasteiger charge is -2.28. The van der Waals surface area contributed by atoms with Crippen molar-refractivity contribution >= 4 is 152 Å². The average molecular weight is 1800 g/mol. The van der Waals surface area contributed by atoms with Crippen LogP contribution in [0.1, 0.15) is 168 Å². The van der Waals surface area contributed by atoms with E-state index in [4.69, 9.17) is 5.73 Å². The fourth-order valence-electron chi connectivity index (χ4n) is 13.4. The molecule has 2 aromatic rings. The minimum atomic E-state index is -1.98. The molecule has 124 heavy (non-hydrogen) atoms. The number of aliphatic hydroxyl groups is 4. The van der Waals surface area contributed by atoms with Gasteiger partial charge in [0.2, 0.25) is 47.3 Å². The monoisotopic (exact) mass is 1800 g/mol. The van der Waals surface area contributed by atoms with Crippen LogP contribution in [0.5, 0.6) is 5.75 Å². The SMILES string of the molecule is CC[C@H](C)[C@H](NC(=O)[C@H](CO)CC(=O)[C@H](Cc1ccc(O)cc1)NC(=O)[C@H](CC(=O)O)CC(=O)[C@H](CO)NC(=O)[C@@H](CC(=O)[C@H](Cc1ccccc1)NC(=O)[C@@H](CC(=O)CNC(=O)[C@H](CCC(=O)O)CC(=O)CSCC(=O)CCCN1C(=O)CSC1=O)[C@@H](C)O)[C@@H](C)O)C(=O)C[C@@H](C)C(=O)N[C@@H](CCSC)C(=O)C[C@@H](CC(=O)O)C(=O)N[C@H](C)CCCCN. The van der Waals surface area contributed by atoms with Crippen molar-refractivity contribution in [1.29, 1.82) is 0 Å². The molecule has 0 unspecified atom stereocenters. The van der Waals surface area contributed by atoms with E-state index in [0.29, 0.717) is 37.1 Å². The van der Waals surface area contributed by atoms with Crippen LogP contribution in [0.2, 0.25) is 0 Å². The van der Waals surface area contributed by atoms with Crippen LogP contribution in [0.25, 0.3) is 0 Å². The van der Waals surface area contributed by atoms with E-state index in [2.05, 4.69) is 37.2 Å². The molecule has 1 aliphatic rings. The number of amides is 9. The Morgan fingerprint density at radius 1 is 0.492 bits per heavy atom. The van der Waals surface area contributed by atoms with Crippen molar-refractivity contribution in [3.05, 3.63) is 65.7 Å². The van der Waals surface area contributed by atoms with Crippen LogP contribution < -0.4 is 43.0 Å². The number of hydrogen-bond acceptors (Lipinski definition) is 29. The summed E-state index contributed by atoms with van der Waals surface area (Å²) in [5, 5.41) is 99.6. The normalized spacial score (nSPS) is 15.9. The molecule has 16 atom stereocenters. The van der Waals surface area contributed by atoms with Gasteiger partial charge in [-0.2, -0.15) is 11.8 Å². The lowest BCUT2D eigenvalue weighted by molar-refractivity contribution is -0.143. The van der Waals surface area contributed by atoms with Crippen LogP contribution in [-0.2, 0) is 104 Å². The highest BCUT2D eigenvalue weighted by molar-refractivity contribution is 8.14. The summed E-state index contributed by atoms with van der Waals surface area (Å²) in [6, 6.07) is 5.02. The summed E-state index contributed by atoms with van der Waals surface area (Å²) in [5.74, 6) is -29.1. The Hall–Kier alpha value is -9.71.